The molecule has 196 valence electrons. The van der Waals surface area contributed by atoms with Crippen LogP contribution in [0.1, 0.15) is 11.1 Å². The molecule has 0 unspecified atom stereocenters. The lowest BCUT2D eigenvalue weighted by Crippen LogP contribution is -2.13. The van der Waals surface area contributed by atoms with Gasteiger partial charge < -0.3 is 10.6 Å². The molecule has 2 heterocycles. The zero-order valence-electron chi connectivity index (χ0n) is 21.2. The summed E-state index contributed by atoms with van der Waals surface area (Å²) in [6.45, 7) is 0. The second-order valence-corrected chi connectivity index (χ2v) is 10.9. The maximum atomic E-state index is 13.3. The number of amides is 1. The van der Waals surface area contributed by atoms with E-state index in [2.05, 4.69) is 20.3 Å². The molecule has 0 atom stereocenters. The van der Waals surface area contributed by atoms with Crippen LogP contribution in [0.15, 0.2) is 133 Å². The first-order chi connectivity index (χ1) is 19.5. The minimum absolute atomic E-state index is 0.0531. The number of nitrogens with one attached hydrogen (secondary N) is 3. The van der Waals surface area contributed by atoms with Crippen molar-refractivity contribution in [1.29, 1.82) is 0 Å². The first-order valence-electron chi connectivity index (χ1n) is 12.6. The summed E-state index contributed by atoms with van der Waals surface area (Å²) in [5.41, 5.74) is 5.98. The van der Waals surface area contributed by atoms with Gasteiger partial charge in [-0.2, -0.15) is 0 Å². The largest absolute Gasteiger partial charge is 0.354 e. The number of carbonyl (C=O) groups is 1. The van der Waals surface area contributed by atoms with Gasteiger partial charge >= 0.3 is 0 Å². The second kappa shape index (κ2) is 10.5. The van der Waals surface area contributed by atoms with E-state index in [1.807, 2.05) is 72.8 Å². The molecule has 0 bridgehead atoms. The molecule has 40 heavy (non-hydrogen) atoms. The summed E-state index contributed by atoms with van der Waals surface area (Å²) in [5, 5.41) is 6.31. The third-order valence-corrected chi connectivity index (χ3v) is 7.91. The number of aromatic nitrogens is 1. The number of hydrogen-bond donors (Lipinski definition) is 3. The van der Waals surface area contributed by atoms with E-state index >= 15 is 0 Å². The highest BCUT2D eigenvalue weighted by Crippen LogP contribution is 2.39. The fourth-order valence-corrected chi connectivity index (χ4v) is 5.67. The van der Waals surface area contributed by atoms with E-state index in [-0.39, 0.29) is 10.8 Å². The Hall–Kier alpha value is -5.21. The van der Waals surface area contributed by atoms with Crippen LogP contribution >= 0.6 is 0 Å². The Balaban J connectivity index is 1.42. The van der Waals surface area contributed by atoms with E-state index in [1.165, 1.54) is 12.1 Å². The number of para-hydroxylation sites is 1. The van der Waals surface area contributed by atoms with Gasteiger partial charge in [0, 0.05) is 35.0 Å². The molecule has 7 nitrogen and oxygen atoms in total. The van der Waals surface area contributed by atoms with Gasteiger partial charge in [0.05, 0.1) is 16.2 Å². The Bertz CT molecular complexity index is 1820. The molecule has 3 N–H and O–H groups in total. The summed E-state index contributed by atoms with van der Waals surface area (Å²) in [6, 6.07) is 34.5. The van der Waals surface area contributed by atoms with Crippen LogP contribution in [-0.2, 0) is 14.8 Å². The average Bonchev–Trinajstić information content (AvgIpc) is 3.32. The summed E-state index contributed by atoms with van der Waals surface area (Å²) in [5.74, 6) is -0.320. The SMILES string of the molecule is O=C1Nc2ccc(S(=O)(=O)Nc3ccccc3)cc2C1=C(Nc1ccc(-c2cccnc2)cc1)c1ccccc1. The first-order valence-corrected chi connectivity index (χ1v) is 14.1. The van der Waals surface area contributed by atoms with Crippen LogP contribution in [0.3, 0.4) is 0 Å². The molecule has 0 spiro atoms. The molecule has 0 saturated carbocycles. The van der Waals surface area contributed by atoms with Crippen molar-refractivity contribution in [2.45, 2.75) is 4.90 Å². The number of anilines is 3. The summed E-state index contributed by atoms with van der Waals surface area (Å²) < 4.78 is 29.0. The van der Waals surface area contributed by atoms with Crippen LogP contribution in [-0.4, -0.2) is 19.3 Å². The quantitative estimate of drug-likeness (QED) is 0.204. The predicted molar refractivity (Wildman–Crippen MR) is 159 cm³/mol. The molecule has 0 radical (unpaired) electrons. The van der Waals surface area contributed by atoms with Crippen molar-refractivity contribution in [3.05, 3.63) is 139 Å². The predicted octanol–water partition coefficient (Wildman–Crippen LogP) is 6.48. The maximum Gasteiger partial charge on any atom is 0.261 e. The number of sulfonamides is 1. The van der Waals surface area contributed by atoms with Gasteiger partial charge in [-0.15, -0.1) is 0 Å². The molecule has 1 aromatic heterocycles. The number of fused-ring (bicyclic) bond motifs is 1. The molecule has 1 aliphatic heterocycles. The molecule has 5 aromatic rings. The van der Waals surface area contributed by atoms with Crippen molar-refractivity contribution in [3.63, 3.8) is 0 Å². The molecule has 0 saturated heterocycles. The molecular weight excluding hydrogens is 520 g/mol. The van der Waals surface area contributed by atoms with E-state index in [9.17, 15) is 13.2 Å². The van der Waals surface area contributed by atoms with Crippen LogP contribution in [0.25, 0.3) is 22.4 Å². The smallest absolute Gasteiger partial charge is 0.261 e. The second-order valence-electron chi connectivity index (χ2n) is 9.19. The highest BCUT2D eigenvalue weighted by atomic mass is 32.2. The summed E-state index contributed by atoms with van der Waals surface area (Å²) in [4.78, 5) is 17.6. The number of carbonyl (C=O) groups excluding carboxylic acids is 1. The molecule has 0 fully saturated rings. The summed E-state index contributed by atoms with van der Waals surface area (Å²) >= 11 is 0. The van der Waals surface area contributed by atoms with E-state index in [0.717, 1.165) is 22.4 Å². The van der Waals surface area contributed by atoms with Crippen molar-refractivity contribution in [1.82, 2.24) is 4.98 Å². The van der Waals surface area contributed by atoms with Gasteiger partial charge in [0.1, 0.15) is 0 Å². The first kappa shape index (κ1) is 25.1. The third kappa shape index (κ3) is 5.08. The third-order valence-electron chi connectivity index (χ3n) is 6.53. The normalized spacial score (nSPS) is 13.8. The molecular formula is C32H24N4O3S. The number of nitrogens with zero attached hydrogens (tertiary/aromatic N) is 1. The molecule has 6 rings (SSSR count). The molecule has 4 aromatic carbocycles. The molecule has 1 amide bonds. The van der Waals surface area contributed by atoms with Gasteiger partial charge in [-0.1, -0.05) is 66.7 Å². The lowest BCUT2D eigenvalue weighted by molar-refractivity contribution is -0.110. The zero-order chi connectivity index (χ0) is 27.5. The Morgan fingerprint density at radius 3 is 2.15 bits per heavy atom. The Kier molecular flexibility index (Phi) is 6.59. The lowest BCUT2D eigenvalue weighted by atomic mass is 10.00. The fourth-order valence-electron chi connectivity index (χ4n) is 4.59. The minimum Gasteiger partial charge on any atom is -0.354 e. The van der Waals surface area contributed by atoms with Crippen molar-refractivity contribution >= 4 is 44.3 Å². The van der Waals surface area contributed by atoms with E-state index in [4.69, 9.17) is 0 Å². The highest BCUT2D eigenvalue weighted by molar-refractivity contribution is 7.92. The van der Waals surface area contributed by atoms with E-state index < -0.39 is 10.0 Å². The van der Waals surface area contributed by atoms with Crippen molar-refractivity contribution in [3.8, 4) is 11.1 Å². The van der Waals surface area contributed by atoms with Gasteiger partial charge in [0.15, 0.2) is 0 Å². The van der Waals surface area contributed by atoms with E-state index in [1.54, 1.807) is 42.7 Å². The molecule has 8 heteroatoms. The van der Waals surface area contributed by atoms with Gasteiger partial charge in [-0.3, -0.25) is 14.5 Å². The van der Waals surface area contributed by atoms with Crippen LogP contribution in [0.5, 0.6) is 0 Å². The average molecular weight is 545 g/mol. The number of pyridine rings is 1. The molecule has 1 aliphatic rings. The topological polar surface area (TPSA) is 100 Å². The van der Waals surface area contributed by atoms with Crippen molar-refractivity contribution < 1.29 is 13.2 Å². The van der Waals surface area contributed by atoms with Gasteiger partial charge in [0.2, 0.25) is 0 Å². The van der Waals surface area contributed by atoms with Crippen LogP contribution < -0.4 is 15.4 Å². The van der Waals surface area contributed by atoms with Crippen LogP contribution in [0.4, 0.5) is 17.1 Å². The van der Waals surface area contributed by atoms with E-state index in [0.29, 0.717) is 28.2 Å². The van der Waals surface area contributed by atoms with Gasteiger partial charge in [0.25, 0.3) is 15.9 Å². The van der Waals surface area contributed by atoms with Crippen LogP contribution in [0, 0.1) is 0 Å². The Morgan fingerprint density at radius 2 is 1.45 bits per heavy atom. The number of benzene rings is 4. The Labute approximate surface area is 232 Å². The summed E-state index contributed by atoms with van der Waals surface area (Å²) in [7, 11) is -3.89. The maximum absolute atomic E-state index is 13.3. The van der Waals surface area contributed by atoms with Crippen molar-refractivity contribution in [2.75, 3.05) is 15.4 Å². The highest BCUT2D eigenvalue weighted by Gasteiger charge is 2.30. The van der Waals surface area contributed by atoms with Crippen LogP contribution in [0.2, 0.25) is 0 Å². The van der Waals surface area contributed by atoms with Gasteiger partial charge in [-0.05, 0) is 65.2 Å². The number of rotatable bonds is 7. The standard InChI is InChI=1S/C32H24N4O3S/c37-32-30(28-20-27(17-18-29(28)35-32)40(38,39)36-26-11-5-2-6-12-26)31(23-8-3-1-4-9-23)34-25-15-13-22(14-16-25)24-10-7-19-33-21-24/h1-21,34,36H,(H,35,37). The van der Waals surface area contributed by atoms with Crippen molar-refractivity contribution in [2.24, 2.45) is 0 Å². The zero-order valence-corrected chi connectivity index (χ0v) is 22.0. The van der Waals surface area contributed by atoms with Gasteiger partial charge in [-0.25, -0.2) is 8.42 Å². The monoisotopic (exact) mass is 544 g/mol. The Morgan fingerprint density at radius 1 is 0.725 bits per heavy atom. The molecule has 0 aliphatic carbocycles. The number of hydrogen-bond acceptors (Lipinski definition) is 5. The lowest BCUT2D eigenvalue weighted by Gasteiger charge is -2.16. The minimum atomic E-state index is -3.89. The fraction of sp³-hybridized carbons (Fsp3) is 0. The summed E-state index contributed by atoms with van der Waals surface area (Å²) in [6.07, 6.45) is 3.54.